The molecule has 1 saturated heterocycles. The first-order valence-corrected chi connectivity index (χ1v) is 8.78. The van der Waals surface area contributed by atoms with E-state index >= 15 is 4.39 Å². The van der Waals surface area contributed by atoms with Crippen LogP contribution in [0.2, 0.25) is 5.02 Å². The van der Waals surface area contributed by atoms with Crippen LogP contribution < -0.4 is 20.4 Å². The summed E-state index contributed by atoms with van der Waals surface area (Å²) in [6.45, 7) is 2.65. The van der Waals surface area contributed by atoms with Gasteiger partial charge < -0.3 is 24.6 Å². The molecule has 1 aromatic carbocycles. The summed E-state index contributed by atoms with van der Waals surface area (Å²) in [6, 6.07) is 1.42. The highest BCUT2D eigenvalue weighted by Crippen LogP contribution is 2.41. The fraction of sp³-hybridized carbons (Fsp3) is 0.412. The van der Waals surface area contributed by atoms with Crippen molar-refractivity contribution in [1.82, 2.24) is 9.88 Å². The number of carboxylic acid groups (broad SMARTS) is 1. The van der Waals surface area contributed by atoms with Gasteiger partial charge in [0.2, 0.25) is 5.43 Å². The monoisotopic (exact) mass is 381 g/mol. The van der Waals surface area contributed by atoms with E-state index in [2.05, 4.69) is 10.1 Å². The first-order chi connectivity index (χ1) is 12.5. The number of halogens is 2. The quantitative estimate of drug-likeness (QED) is 0.795. The molecule has 2 N–H and O–H groups in total. The lowest BCUT2D eigenvalue weighted by Gasteiger charge is -2.31. The van der Waals surface area contributed by atoms with Gasteiger partial charge in [-0.15, -0.1) is 0 Å². The van der Waals surface area contributed by atoms with Gasteiger partial charge in [-0.05, 0) is 18.9 Å². The standard InChI is InChI=1S/C17H17ClFN3O4/c18-11-7-10-14(13(19)15(11)21-5-3-20-4-6-21)22(9-1-2-9)8-12(16(10)23)26-17(24)25/h7-9,20H,1-6H2,(H,24,25). The molecule has 9 heteroatoms. The van der Waals surface area contributed by atoms with Crippen LogP contribution in [-0.2, 0) is 0 Å². The van der Waals surface area contributed by atoms with E-state index in [4.69, 9.17) is 16.7 Å². The predicted octanol–water partition coefficient (Wildman–Crippen LogP) is 2.60. The summed E-state index contributed by atoms with van der Waals surface area (Å²) in [6.07, 6.45) is 1.35. The molecule has 1 saturated carbocycles. The number of fused-ring (bicyclic) bond motifs is 1. The summed E-state index contributed by atoms with van der Waals surface area (Å²) in [5.41, 5.74) is -0.262. The summed E-state index contributed by atoms with van der Waals surface area (Å²) in [7, 11) is 0. The maximum absolute atomic E-state index is 15.5. The summed E-state index contributed by atoms with van der Waals surface area (Å²) in [4.78, 5) is 25.3. The van der Waals surface area contributed by atoms with Gasteiger partial charge >= 0.3 is 6.16 Å². The summed E-state index contributed by atoms with van der Waals surface area (Å²) < 4.78 is 21.7. The molecule has 0 bridgehead atoms. The average Bonchev–Trinajstić information content (AvgIpc) is 3.43. The molecular weight excluding hydrogens is 365 g/mol. The molecule has 1 aromatic heterocycles. The third-order valence-electron chi connectivity index (χ3n) is 4.72. The van der Waals surface area contributed by atoms with Crippen molar-refractivity contribution in [2.45, 2.75) is 18.9 Å². The van der Waals surface area contributed by atoms with Crippen molar-refractivity contribution in [3.05, 3.63) is 33.3 Å². The van der Waals surface area contributed by atoms with Crippen LogP contribution in [0.3, 0.4) is 0 Å². The zero-order chi connectivity index (χ0) is 18.4. The van der Waals surface area contributed by atoms with E-state index in [9.17, 15) is 9.59 Å². The minimum absolute atomic E-state index is 0.0146. The molecule has 0 spiro atoms. The molecule has 0 unspecified atom stereocenters. The maximum atomic E-state index is 15.5. The number of pyridine rings is 1. The lowest BCUT2D eigenvalue weighted by atomic mass is 10.1. The molecule has 2 aromatic rings. The molecular formula is C17H17ClFN3O4. The van der Waals surface area contributed by atoms with E-state index in [0.29, 0.717) is 26.2 Å². The third-order valence-corrected chi connectivity index (χ3v) is 5.01. The van der Waals surface area contributed by atoms with Gasteiger partial charge in [-0.2, -0.15) is 0 Å². The van der Waals surface area contributed by atoms with Gasteiger partial charge in [0.15, 0.2) is 11.6 Å². The van der Waals surface area contributed by atoms with Crippen molar-refractivity contribution in [3.63, 3.8) is 0 Å². The van der Waals surface area contributed by atoms with Gasteiger partial charge in [0.1, 0.15) is 0 Å². The van der Waals surface area contributed by atoms with Crippen molar-refractivity contribution in [2.24, 2.45) is 0 Å². The lowest BCUT2D eigenvalue weighted by molar-refractivity contribution is 0.143. The highest BCUT2D eigenvalue weighted by Gasteiger charge is 2.30. The van der Waals surface area contributed by atoms with Crippen LogP contribution in [0.15, 0.2) is 17.1 Å². The predicted molar refractivity (Wildman–Crippen MR) is 95.2 cm³/mol. The highest BCUT2D eigenvalue weighted by atomic mass is 35.5. The van der Waals surface area contributed by atoms with Gasteiger partial charge in [-0.3, -0.25) is 4.79 Å². The van der Waals surface area contributed by atoms with Crippen molar-refractivity contribution >= 4 is 34.3 Å². The Morgan fingerprint density at radius 3 is 2.65 bits per heavy atom. The van der Waals surface area contributed by atoms with Gasteiger partial charge in [0.25, 0.3) is 0 Å². The molecule has 0 radical (unpaired) electrons. The van der Waals surface area contributed by atoms with Crippen LogP contribution in [0.4, 0.5) is 14.9 Å². The number of hydrogen-bond donors (Lipinski definition) is 2. The number of nitrogens with zero attached hydrogens (tertiary/aromatic N) is 2. The molecule has 7 nitrogen and oxygen atoms in total. The minimum atomic E-state index is -1.59. The summed E-state index contributed by atoms with van der Waals surface area (Å²) >= 11 is 6.31. The number of ether oxygens (including phenoxy) is 1. The molecule has 2 heterocycles. The van der Waals surface area contributed by atoms with Crippen LogP contribution >= 0.6 is 11.6 Å². The SMILES string of the molecule is O=C(O)Oc1cn(C2CC2)c2c(F)c(N3CCNCC3)c(Cl)cc2c1=O. The molecule has 26 heavy (non-hydrogen) atoms. The number of nitrogens with one attached hydrogen (secondary N) is 1. The summed E-state index contributed by atoms with van der Waals surface area (Å²) in [5, 5.41) is 12.2. The van der Waals surface area contributed by atoms with Crippen molar-refractivity contribution in [3.8, 4) is 5.75 Å². The fourth-order valence-electron chi connectivity index (χ4n) is 3.39. The molecule has 0 amide bonds. The number of carbonyl (C=O) groups is 1. The molecule has 2 aliphatic rings. The van der Waals surface area contributed by atoms with E-state index in [1.807, 2.05) is 4.90 Å². The molecule has 138 valence electrons. The normalized spacial score (nSPS) is 17.5. The van der Waals surface area contributed by atoms with Crippen LogP contribution in [-0.4, -0.2) is 42.0 Å². The third kappa shape index (κ3) is 2.89. The Hall–Kier alpha value is -2.32. The van der Waals surface area contributed by atoms with Crippen molar-refractivity contribution < 1.29 is 19.0 Å². The van der Waals surface area contributed by atoms with Gasteiger partial charge in [-0.25, -0.2) is 9.18 Å². The molecule has 1 aliphatic heterocycles. The van der Waals surface area contributed by atoms with Crippen LogP contribution in [0, 0.1) is 5.82 Å². The molecule has 0 atom stereocenters. The second kappa shape index (κ2) is 6.44. The first kappa shape index (κ1) is 17.1. The van der Waals surface area contributed by atoms with Crippen LogP contribution in [0.1, 0.15) is 18.9 Å². The second-order valence-electron chi connectivity index (χ2n) is 6.48. The lowest BCUT2D eigenvalue weighted by Crippen LogP contribution is -2.44. The number of aromatic nitrogens is 1. The average molecular weight is 382 g/mol. The zero-order valence-corrected chi connectivity index (χ0v) is 14.6. The smallest absolute Gasteiger partial charge is 0.449 e. The number of benzene rings is 1. The maximum Gasteiger partial charge on any atom is 0.511 e. The van der Waals surface area contributed by atoms with Gasteiger partial charge in [0, 0.05) is 32.2 Å². The summed E-state index contributed by atoms with van der Waals surface area (Å²) in [5.74, 6) is -0.900. The molecule has 2 fully saturated rings. The first-order valence-electron chi connectivity index (χ1n) is 8.40. The Kier molecular flexibility index (Phi) is 4.24. The molecule has 4 rings (SSSR count). The largest absolute Gasteiger partial charge is 0.511 e. The Balaban J connectivity index is 1.97. The van der Waals surface area contributed by atoms with E-state index < -0.39 is 17.4 Å². The van der Waals surface area contributed by atoms with Crippen LogP contribution in [0.25, 0.3) is 10.9 Å². The number of piperazine rings is 1. The van der Waals surface area contributed by atoms with Crippen LogP contribution in [0.5, 0.6) is 5.75 Å². The minimum Gasteiger partial charge on any atom is -0.449 e. The fourth-order valence-corrected chi connectivity index (χ4v) is 3.70. The van der Waals surface area contributed by atoms with E-state index in [1.54, 1.807) is 4.57 Å². The van der Waals surface area contributed by atoms with Crippen molar-refractivity contribution in [2.75, 3.05) is 31.1 Å². The highest BCUT2D eigenvalue weighted by molar-refractivity contribution is 6.34. The Bertz CT molecular complexity index is 951. The van der Waals surface area contributed by atoms with E-state index in [1.165, 1.54) is 12.3 Å². The Morgan fingerprint density at radius 2 is 2.04 bits per heavy atom. The number of anilines is 1. The van der Waals surface area contributed by atoms with Gasteiger partial charge in [-0.1, -0.05) is 11.6 Å². The number of rotatable bonds is 3. The molecule has 1 aliphatic carbocycles. The Labute approximate surface area is 152 Å². The van der Waals surface area contributed by atoms with Gasteiger partial charge in [0.05, 0.1) is 27.8 Å². The van der Waals surface area contributed by atoms with Crippen molar-refractivity contribution in [1.29, 1.82) is 0 Å². The zero-order valence-electron chi connectivity index (χ0n) is 13.8. The Morgan fingerprint density at radius 1 is 1.35 bits per heavy atom. The topological polar surface area (TPSA) is 83.8 Å². The van der Waals surface area contributed by atoms with E-state index in [0.717, 1.165) is 12.8 Å². The van der Waals surface area contributed by atoms with E-state index in [-0.39, 0.29) is 33.4 Å². The second-order valence-corrected chi connectivity index (χ2v) is 6.89. The number of hydrogen-bond acceptors (Lipinski definition) is 5.